The minimum absolute atomic E-state index is 0.0222. The molecule has 0 N–H and O–H groups in total. The smallest absolute Gasteiger partial charge is 0.214 e. The molecular formula is C44H24N12O7. The second kappa shape index (κ2) is 16.8. The lowest BCUT2D eigenvalue weighted by atomic mass is 10.1. The minimum Gasteiger partial charge on any atom is -0.497 e. The van der Waals surface area contributed by atoms with Crippen LogP contribution in [0.4, 0.5) is 0 Å². The van der Waals surface area contributed by atoms with Crippen LogP contribution in [0.3, 0.4) is 0 Å². The van der Waals surface area contributed by atoms with E-state index in [0.717, 1.165) is 11.1 Å². The van der Waals surface area contributed by atoms with E-state index in [1.54, 1.807) is 56.7 Å². The number of carbonyl (C=O) groups excluding carboxylic acids is 2. The van der Waals surface area contributed by atoms with Crippen LogP contribution in [0.25, 0.3) is 33.8 Å². The molecule has 0 radical (unpaired) electrons. The summed E-state index contributed by atoms with van der Waals surface area (Å²) >= 11 is 0. The van der Waals surface area contributed by atoms with Crippen LogP contribution in [0.15, 0.2) is 42.5 Å². The van der Waals surface area contributed by atoms with Crippen LogP contribution in [-0.2, 0) is 6.42 Å². The van der Waals surface area contributed by atoms with Crippen molar-refractivity contribution in [3.63, 3.8) is 0 Å². The fraction of sp³-hybridized carbons (Fsp3) is 0.136. The van der Waals surface area contributed by atoms with Gasteiger partial charge in [-0.25, -0.2) is 29.9 Å². The molecule has 19 heteroatoms. The molecule has 0 aliphatic heterocycles. The molecule has 0 saturated carbocycles. The Morgan fingerprint density at radius 1 is 0.429 bits per heavy atom. The molecule has 0 spiro atoms. The largest absolute Gasteiger partial charge is 0.497 e. The van der Waals surface area contributed by atoms with Gasteiger partial charge in [0.2, 0.25) is 11.6 Å². The van der Waals surface area contributed by atoms with Gasteiger partial charge in [-0.3, -0.25) is 9.59 Å². The Kier molecular flexibility index (Phi) is 11.0. The van der Waals surface area contributed by atoms with E-state index < -0.39 is 0 Å². The SMILES string of the molecule is COc1cc2c(cc1OC)-c1nc(C#N)c(C#N)nc1C2=O.COc1ccc(OC)c2c1Cc1nc(C#N)c(C#N)nc1-2.COc1ccc2c(c1)-c1nc(C#N)c(C#N)nc1C2=O. The van der Waals surface area contributed by atoms with E-state index in [2.05, 4.69) is 29.9 Å². The van der Waals surface area contributed by atoms with Crippen LogP contribution >= 0.6 is 0 Å². The van der Waals surface area contributed by atoms with Crippen molar-refractivity contribution < 1.29 is 33.3 Å². The summed E-state index contributed by atoms with van der Waals surface area (Å²) in [6.45, 7) is 0. The van der Waals surface area contributed by atoms with Crippen LogP contribution in [0.5, 0.6) is 28.7 Å². The first-order valence-electron chi connectivity index (χ1n) is 18.0. The number of methoxy groups -OCH3 is 5. The monoisotopic (exact) mass is 832 g/mol. The fourth-order valence-corrected chi connectivity index (χ4v) is 6.96. The number of rotatable bonds is 5. The number of hydrogen-bond donors (Lipinski definition) is 0. The minimum atomic E-state index is -0.362. The molecule has 63 heavy (non-hydrogen) atoms. The Bertz CT molecular complexity index is 3270. The summed E-state index contributed by atoms with van der Waals surface area (Å²) in [5.41, 5.74) is 5.10. The van der Waals surface area contributed by atoms with E-state index in [1.807, 2.05) is 30.3 Å². The molecule has 302 valence electrons. The molecular weight excluding hydrogens is 809 g/mol. The maximum absolute atomic E-state index is 12.4. The molecule has 0 unspecified atom stereocenters. The number of carbonyl (C=O) groups is 2. The first-order chi connectivity index (χ1) is 30.6. The number of hydrogen-bond acceptors (Lipinski definition) is 19. The normalized spacial score (nSPS) is 11.2. The Hall–Kier alpha value is -9.82. The standard InChI is InChI=1S/C15H8N4O3.C15H10N4O2.C14H6N4O2/c1-21-11-3-7-8(4-12(11)22-2)15(20)14-13(7)18-9(5-16)10(6-17)19-14;1-20-12-3-4-13(21-2)14-8(12)5-9-15(14)19-11(7-17)10(6-16)18-9;1-20-7-2-3-8-9(4-7)12-13(14(8)19)18-11(6-16)10(5-15)17-12/h3-4H,1-2H3;3-4H,5H2,1-2H3;2-4H,1H3. The second-order valence-corrected chi connectivity index (χ2v) is 12.9. The summed E-state index contributed by atoms with van der Waals surface area (Å²) < 4.78 is 26.2. The highest BCUT2D eigenvalue weighted by Gasteiger charge is 2.34. The van der Waals surface area contributed by atoms with E-state index in [-0.39, 0.29) is 62.8 Å². The van der Waals surface area contributed by atoms with Gasteiger partial charge in [0.05, 0.1) is 52.5 Å². The van der Waals surface area contributed by atoms with E-state index >= 15 is 0 Å². The number of aromatic nitrogens is 6. The molecule has 3 aromatic carbocycles. The molecule has 3 aliphatic rings. The molecule has 3 aromatic heterocycles. The van der Waals surface area contributed by atoms with Crippen LogP contribution in [0.1, 0.15) is 77.5 Å². The van der Waals surface area contributed by atoms with Crippen LogP contribution < -0.4 is 23.7 Å². The van der Waals surface area contributed by atoms with Crippen molar-refractivity contribution in [1.82, 2.24) is 29.9 Å². The Morgan fingerprint density at radius 3 is 1.32 bits per heavy atom. The molecule has 0 atom stereocenters. The van der Waals surface area contributed by atoms with Gasteiger partial charge in [0, 0.05) is 34.2 Å². The van der Waals surface area contributed by atoms with Crippen molar-refractivity contribution in [2.45, 2.75) is 6.42 Å². The summed E-state index contributed by atoms with van der Waals surface area (Å²) in [6, 6.07) is 22.7. The zero-order chi connectivity index (χ0) is 45.1. The molecule has 0 bridgehead atoms. The molecule has 3 aliphatic carbocycles. The fourth-order valence-electron chi connectivity index (χ4n) is 6.96. The van der Waals surface area contributed by atoms with Crippen LogP contribution in [0, 0.1) is 68.0 Å². The number of benzene rings is 3. The van der Waals surface area contributed by atoms with Crippen LogP contribution in [0.2, 0.25) is 0 Å². The quantitative estimate of drug-likeness (QED) is 0.227. The Labute approximate surface area is 356 Å². The Morgan fingerprint density at radius 2 is 0.841 bits per heavy atom. The highest BCUT2D eigenvalue weighted by atomic mass is 16.5. The average molecular weight is 833 g/mol. The van der Waals surface area contributed by atoms with Gasteiger partial charge >= 0.3 is 0 Å². The predicted octanol–water partition coefficient (Wildman–Crippen LogP) is 4.70. The highest BCUT2D eigenvalue weighted by Crippen LogP contribution is 2.46. The molecule has 0 saturated heterocycles. The highest BCUT2D eigenvalue weighted by molar-refractivity contribution is 6.21. The summed E-state index contributed by atoms with van der Waals surface area (Å²) in [7, 11) is 7.63. The van der Waals surface area contributed by atoms with Gasteiger partial charge in [0.1, 0.15) is 76.4 Å². The van der Waals surface area contributed by atoms with Crippen molar-refractivity contribution in [3.05, 3.63) is 110 Å². The van der Waals surface area contributed by atoms with Gasteiger partial charge in [0.25, 0.3) is 0 Å². The number of nitrogens with zero attached hydrogens (tertiary/aromatic N) is 12. The third kappa shape index (κ3) is 6.88. The van der Waals surface area contributed by atoms with Crippen molar-refractivity contribution in [3.8, 4) is 98.9 Å². The van der Waals surface area contributed by atoms with Gasteiger partial charge in [-0.1, -0.05) is 0 Å². The van der Waals surface area contributed by atoms with E-state index in [0.29, 0.717) is 74.5 Å². The zero-order valence-electron chi connectivity index (χ0n) is 33.5. The lowest BCUT2D eigenvalue weighted by Gasteiger charge is -2.11. The number of ether oxygens (including phenoxy) is 5. The third-order valence-electron chi connectivity index (χ3n) is 9.83. The Balaban J connectivity index is 0.000000142. The first kappa shape index (κ1) is 41.3. The average Bonchev–Trinajstić information content (AvgIpc) is 3.94. The summed E-state index contributed by atoms with van der Waals surface area (Å²) in [4.78, 5) is 49.3. The van der Waals surface area contributed by atoms with Crippen molar-refractivity contribution in [2.24, 2.45) is 0 Å². The third-order valence-corrected chi connectivity index (χ3v) is 9.83. The van der Waals surface area contributed by atoms with Crippen molar-refractivity contribution in [2.75, 3.05) is 35.5 Å². The maximum atomic E-state index is 12.4. The van der Waals surface area contributed by atoms with Crippen molar-refractivity contribution in [1.29, 1.82) is 31.6 Å². The lowest BCUT2D eigenvalue weighted by Crippen LogP contribution is -2.04. The van der Waals surface area contributed by atoms with Crippen LogP contribution in [-0.4, -0.2) is 77.0 Å². The van der Waals surface area contributed by atoms with Gasteiger partial charge in [-0.05, 0) is 42.5 Å². The van der Waals surface area contributed by atoms with Gasteiger partial charge in [-0.2, -0.15) is 31.6 Å². The predicted molar refractivity (Wildman–Crippen MR) is 213 cm³/mol. The number of fused-ring (bicyclic) bond motifs is 9. The number of nitriles is 6. The van der Waals surface area contributed by atoms with Gasteiger partial charge in [0.15, 0.2) is 45.7 Å². The topological polar surface area (TPSA) is 300 Å². The molecule has 19 nitrogen and oxygen atoms in total. The van der Waals surface area contributed by atoms with Gasteiger partial charge in [-0.15, -0.1) is 0 Å². The zero-order valence-corrected chi connectivity index (χ0v) is 33.5. The maximum Gasteiger partial charge on any atom is 0.214 e. The van der Waals surface area contributed by atoms with Crippen molar-refractivity contribution >= 4 is 11.6 Å². The molecule has 0 amide bonds. The van der Waals surface area contributed by atoms with E-state index in [4.69, 9.17) is 55.3 Å². The second-order valence-electron chi connectivity index (χ2n) is 12.9. The van der Waals surface area contributed by atoms with Gasteiger partial charge < -0.3 is 23.7 Å². The molecule has 3 heterocycles. The van der Waals surface area contributed by atoms with E-state index in [9.17, 15) is 9.59 Å². The summed E-state index contributed by atoms with van der Waals surface area (Å²) in [5, 5.41) is 54.1. The molecule has 9 rings (SSSR count). The summed E-state index contributed by atoms with van der Waals surface area (Å²) in [6.07, 6.45) is 0.498. The first-order valence-corrected chi connectivity index (χ1v) is 18.0. The summed E-state index contributed by atoms with van der Waals surface area (Å²) in [5.74, 6) is 2.12. The molecule has 6 aromatic rings. The lowest BCUT2D eigenvalue weighted by molar-refractivity contribution is 0.103. The molecule has 0 fully saturated rings. The number of ketones is 2. The van der Waals surface area contributed by atoms with E-state index in [1.165, 1.54) is 27.4 Å².